The molecule has 0 saturated heterocycles. The van der Waals surface area contributed by atoms with Gasteiger partial charge in [-0.15, -0.1) is 0 Å². The van der Waals surface area contributed by atoms with Crippen molar-refractivity contribution in [1.82, 2.24) is 5.32 Å². The molecule has 4 heteroatoms. The van der Waals surface area contributed by atoms with Gasteiger partial charge in [-0.3, -0.25) is 0 Å². The highest BCUT2D eigenvalue weighted by Crippen LogP contribution is 2.26. The molecule has 106 valence electrons. The maximum atomic E-state index is 11.7. The molecule has 20 heavy (non-hydrogen) atoms. The van der Waals surface area contributed by atoms with E-state index in [9.17, 15) is 10.1 Å². The Morgan fingerprint density at radius 2 is 2.00 bits per heavy atom. The summed E-state index contributed by atoms with van der Waals surface area (Å²) in [6.07, 6.45) is 5.03. The van der Waals surface area contributed by atoms with Gasteiger partial charge in [-0.1, -0.05) is 49.6 Å². The fourth-order valence-corrected chi connectivity index (χ4v) is 2.61. The Kier molecular flexibility index (Phi) is 5.43. The number of nitrogens with one attached hydrogen (secondary N) is 1. The van der Waals surface area contributed by atoms with Crippen LogP contribution in [0, 0.1) is 17.2 Å². The SMILES string of the molecule is N#C[C@H](NC(=O)OCc1ccccc1)C1CCCCC1. The monoisotopic (exact) mass is 272 g/mol. The fourth-order valence-electron chi connectivity index (χ4n) is 2.61. The van der Waals surface area contributed by atoms with Crippen LogP contribution in [0.5, 0.6) is 0 Å². The molecule has 1 N–H and O–H groups in total. The molecule has 0 aromatic heterocycles. The molecule has 2 rings (SSSR count). The lowest BCUT2D eigenvalue weighted by Gasteiger charge is -2.26. The van der Waals surface area contributed by atoms with Crippen LogP contribution in [0.25, 0.3) is 0 Å². The van der Waals surface area contributed by atoms with E-state index in [0.717, 1.165) is 31.2 Å². The lowest BCUT2D eigenvalue weighted by molar-refractivity contribution is 0.133. The van der Waals surface area contributed by atoms with Crippen LogP contribution in [0.1, 0.15) is 37.7 Å². The Morgan fingerprint density at radius 3 is 2.65 bits per heavy atom. The lowest BCUT2D eigenvalue weighted by atomic mass is 9.84. The van der Waals surface area contributed by atoms with Crippen LogP contribution in [-0.2, 0) is 11.3 Å². The van der Waals surface area contributed by atoms with E-state index in [4.69, 9.17) is 4.74 Å². The Bertz CT molecular complexity index is 461. The molecule has 1 atom stereocenters. The highest BCUT2D eigenvalue weighted by molar-refractivity contribution is 5.68. The number of alkyl carbamates (subject to hydrolysis) is 1. The second kappa shape index (κ2) is 7.54. The van der Waals surface area contributed by atoms with Crippen molar-refractivity contribution in [2.45, 2.75) is 44.8 Å². The molecule has 0 spiro atoms. The molecule has 1 aromatic carbocycles. The van der Waals surface area contributed by atoms with E-state index in [1.165, 1.54) is 6.42 Å². The van der Waals surface area contributed by atoms with Gasteiger partial charge in [0.25, 0.3) is 0 Å². The quantitative estimate of drug-likeness (QED) is 0.913. The number of hydrogen-bond donors (Lipinski definition) is 1. The van der Waals surface area contributed by atoms with Crippen LogP contribution >= 0.6 is 0 Å². The molecule has 1 aliphatic carbocycles. The Labute approximate surface area is 119 Å². The minimum Gasteiger partial charge on any atom is -0.445 e. The summed E-state index contributed by atoms with van der Waals surface area (Å²) in [4.78, 5) is 11.7. The highest BCUT2D eigenvalue weighted by Gasteiger charge is 2.25. The van der Waals surface area contributed by atoms with Gasteiger partial charge in [0.1, 0.15) is 12.6 Å². The van der Waals surface area contributed by atoms with E-state index in [0.29, 0.717) is 0 Å². The van der Waals surface area contributed by atoms with E-state index in [-0.39, 0.29) is 12.5 Å². The molecule has 0 radical (unpaired) electrons. The molecule has 0 heterocycles. The van der Waals surface area contributed by atoms with Gasteiger partial charge in [0.15, 0.2) is 0 Å². The highest BCUT2D eigenvalue weighted by atomic mass is 16.5. The van der Waals surface area contributed by atoms with E-state index in [1.807, 2.05) is 30.3 Å². The first-order valence-electron chi connectivity index (χ1n) is 7.16. The molecule has 0 bridgehead atoms. The summed E-state index contributed by atoms with van der Waals surface area (Å²) in [6, 6.07) is 11.3. The molecule has 4 nitrogen and oxygen atoms in total. The number of amides is 1. The lowest BCUT2D eigenvalue weighted by Crippen LogP contribution is -2.40. The Hall–Kier alpha value is -2.02. The van der Waals surface area contributed by atoms with Crippen molar-refractivity contribution in [2.75, 3.05) is 0 Å². The van der Waals surface area contributed by atoms with Crippen molar-refractivity contribution in [1.29, 1.82) is 5.26 Å². The van der Waals surface area contributed by atoms with Crippen molar-refractivity contribution in [2.24, 2.45) is 5.92 Å². The maximum Gasteiger partial charge on any atom is 0.408 e. The molecule has 1 aromatic rings. The van der Waals surface area contributed by atoms with Gasteiger partial charge in [0, 0.05) is 0 Å². The van der Waals surface area contributed by atoms with Crippen molar-refractivity contribution < 1.29 is 9.53 Å². The number of carbonyl (C=O) groups excluding carboxylic acids is 1. The minimum absolute atomic E-state index is 0.232. The second-order valence-electron chi connectivity index (χ2n) is 5.21. The number of benzene rings is 1. The smallest absolute Gasteiger partial charge is 0.408 e. The van der Waals surface area contributed by atoms with Gasteiger partial charge < -0.3 is 10.1 Å². The normalized spacial score (nSPS) is 16.9. The summed E-state index contributed by atoms with van der Waals surface area (Å²) in [5.74, 6) is 0.262. The number of rotatable bonds is 4. The predicted molar refractivity (Wildman–Crippen MR) is 75.7 cm³/mol. The third-order valence-corrected chi connectivity index (χ3v) is 3.75. The molecule has 1 amide bonds. The first-order chi connectivity index (χ1) is 9.79. The van der Waals surface area contributed by atoms with Gasteiger partial charge in [0.05, 0.1) is 6.07 Å². The zero-order chi connectivity index (χ0) is 14.2. The molecule has 0 unspecified atom stereocenters. The third kappa shape index (κ3) is 4.27. The average molecular weight is 272 g/mol. The van der Waals surface area contributed by atoms with Gasteiger partial charge >= 0.3 is 6.09 Å². The van der Waals surface area contributed by atoms with Crippen LogP contribution in [0.3, 0.4) is 0 Å². The van der Waals surface area contributed by atoms with Gasteiger partial charge in [-0.25, -0.2) is 4.79 Å². The van der Waals surface area contributed by atoms with Crippen LogP contribution in [-0.4, -0.2) is 12.1 Å². The fraction of sp³-hybridized carbons (Fsp3) is 0.500. The summed E-state index contributed by atoms with van der Waals surface area (Å²) in [5, 5.41) is 11.9. The van der Waals surface area contributed by atoms with Crippen LogP contribution in [0.2, 0.25) is 0 Å². The van der Waals surface area contributed by atoms with Crippen molar-refractivity contribution in [3.63, 3.8) is 0 Å². The molecular weight excluding hydrogens is 252 g/mol. The topological polar surface area (TPSA) is 62.1 Å². The average Bonchev–Trinajstić information content (AvgIpc) is 2.52. The number of ether oxygens (including phenoxy) is 1. The van der Waals surface area contributed by atoms with Crippen LogP contribution in [0.15, 0.2) is 30.3 Å². The Balaban J connectivity index is 1.79. The van der Waals surface area contributed by atoms with Crippen molar-refractivity contribution in [3.8, 4) is 6.07 Å². The summed E-state index contributed by atoms with van der Waals surface area (Å²) >= 11 is 0. The zero-order valence-electron chi connectivity index (χ0n) is 11.5. The standard InChI is InChI=1S/C16H20N2O2/c17-11-15(14-9-5-2-6-10-14)18-16(19)20-12-13-7-3-1-4-8-13/h1,3-4,7-8,14-15H,2,5-6,9-10,12H2,(H,18,19)/t15-/m0/s1. The second-order valence-corrected chi connectivity index (χ2v) is 5.21. The maximum absolute atomic E-state index is 11.7. The first kappa shape index (κ1) is 14.4. The summed E-state index contributed by atoms with van der Waals surface area (Å²) in [5.41, 5.74) is 0.939. The van der Waals surface area contributed by atoms with E-state index in [1.54, 1.807) is 0 Å². The summed E-state index contributed by atoms with van der Waals surface area (Å²) in [6.45, 7) is 0.232. The first-order valence-corrected chi connectivity index (χ1v) is 7.16. The van der Waals surface area contributed by atoms with Crippen molar-refractivity contribution >= 4 is 6.09 Å². The van der Waals surface area contributed by atoms with Gasteiger partial charge in [-0.2, -0.15) is 5.26 Å². The molecule has 1 fully saturated rings. The Morgan fingerprint density at radius 1 is 1.30 bits per heavy atom. The number of nitriles is 1. The van der Waals surface area contributed by atoms with Crippen LogP contribution in [0.4, 0.5) is 4.79 Å². The molecule has 1 aliphatic rings. The molecule has 1 saturated carbocycles. The zero-order valence-corrected chi connectivity index (χ0v) is 11.5. The number of nitrogens with zero attached hydrogens (tertiary/aromatic N) is 1. The molecular formula is C16H20N2O2. The molecule has 0 aliphatic heterocycles. The van der Waals surface area contributed by atoms with E-state index < -0.39 is 12.1 Å². The van der Waals surface area contributed by atoms with Crippen molar-refractivity contribution in [3.05, 3.63) is 35.9 Å². The predicted octanol–water partition coefficient (Wildman–Crippen LogP) is 3.39. The number of carbonyl (C=O) groups is 1. The van der Waals surface area contributed by atoms with Crippen LogP contribution < -0.4 is 5.32 Å². The van der Waals surface area contributed by atoms with E-state index in [2.05, 4.69) is 11.4 Å². The van der Waals surface area contributed by atoms with Gasteiger partial charge in [-0.05, 0) is 24.3 Å². The largest absolute Gasteiger partial charge is 0.445 e. The number of hydrogen-bond acceptors (Lipinski definition) is 3. The summed E-state index contributed by atoms with van der Waals surface area (Å²) < 4.78 is 5.15. The van der Waals surface area contributed by atoms with Gasteiger partial charge in [0.2, 0.25) is 0 Å². The summed E-state index contributed by atoms with van der Waals surface area (Å²) in [7, 11) is 0. The third-order valence-electron chi connectivity index (χ3n) is 3.75. The van der Waals surface area contributed by atoms with E-state index >= 15 is 0 Å². The minimum atomic E-state index is -0.508.